The van der Waals surface area contributed by atoms with Crippen molar-refractivity contribution in [1.82, 2.24) is 9.97 Å². The van der Waals surface area contributed by atoms with Gasteiger partial charge in [0.05, 0.1) is 0 Å². The summed E-state index contributed by atoms with van der Waals surface area (Å²) < 4.78 is 0. The van der Waals surface area contributed by atoms with Crippen LogP contribution < -0.4 is 16.6 Å². The molecule has 5 heteroatoms. The molecule has 0 aliphatic heterocycles. The van der Waals surface area contributed by atoms with Crippen LogP contribution in [-0.4, -0.2) is 16.0 Å². The molecule has 3 rings (SSSR count). The molecule has 0 spiro atoms. The molecule has 1 heterocycles. The number of anilines is 2. The number of hydrazine groups is 1. The zero-order valence-electron chi connectivity index (χ0n) is 13.2. The number of nitrogens with one attached hydrogen (secondary N) is 2. The summed E-state index contributed by atoms with van der Waals surface area (Å²) in [5, 5.41) is 3.66. The first-order valence-electron chi connectivity index (χ1n) is 8.33. The van der Waals surface area contributed by atoms with E-state index in [1.807, 2.05) is 6.92 Å². The van der Waals surface area contributed by atoms with Crippen LogP contribution in [0.25, 0.3) is 0 Å². The molecule has 2 fully saturated rings. The molecular weight excluding hydrogens is 262 g/mol. The van der Waals surface area contributed by atoms with E-state index >= 15 is 0 Å². The van der Waals surface area contributed by atoms with Crippen molar-refractivity contribution in [2.75, 3.05) is 10.7 Å². The van der Waals surface area contributed by atoms with E-state index in [0.717, 1.165) is 28.9 Å². The number of nitrogens with two attached hydrogens (primary N) is 1. The first-order valence-corrected chi connectivity index (χ1v) is 8.33. The molecule has 2 aliphatic carbocycles. The minimum absolute atomic E-state index is 0.535. The molecule has 2 saturated carbocycles. The number of hydrogen-bond acceptors (Lipinski definition) is 5. The van der Waals surface area contributed by atoms with Crippen LogP contribution in [0.5, 0.6) is 0 Å². The minimum atomic E-state index is 0.535. The van der Waals surface area contributed by atoms with Gasteiger partial charge >= 0.3 is 0 Å². The number of nitrogens with zero attached hydrogens (tertiary/aromatic N) is 2. The topological polar surface area (TPSA) is 75.9 Å². The second kappa shape index (κ2) is 6.18. The lowest BCUT2D eigenvalue weighted by atomic mass is 9.84. The first kappa shape index (κ1) is 14.6. The zero-order valence-corrected chi connectivity index (χ0v) is 13.2. The van der Waals surface area contributed by atoms with Crippen LogP contribution in [0.1, 0.15) is 69.2 Å². The van der Waals surface area contributed by atoms with Crippen molar-refractivity contribution in [3.8, 4) is 0 Å². The third kappa shape index (κ3) is 3.28. The summed E-state index contributed by atoms with van der Waals surface area (Å²) in [6, 6.07) is 0.537. The van der Waals surface area contributed by atoms with Crippen molar-refractivity contribution in [2.45, 2.75) is 70.8 Å². The largest absolute Gasteiger partial charge is 0.367 e. The van der Waals surface area contributed by atoms with Crippen LogP contribution in [0.15, 0.2) is 0 Å². The molecule has 0 amide bonds. The second-order valence-electron chi connectivity index (χ2n) is 6.60. The van der Waals surface area contributed by atoms with Crippen molar-refractivity contribution in [3.05, 3.63) is 11.4 Å². The highest BCUT2D eigenvalue weighted by atomic mass is 15.3. The van der Waals surface area contributed by atoms with Gasteiger partial charge in [0.2, 0.25) is 0 Å². The molecule has 1 aromatic rings. The molecule has 4 N–H and O–H groups in total. The highest BCUT2D eigenvalue weighted by molar-refractivity contribution is 5.57. The lowest BCUT2D eigenvalue weighted by Crippen LogP contribution is -2.28. The molecule has 2 aliphatic rings. The van der Waals surface area contributed by atoms with Crippen LogP contribution in [0, 0.1) is 12.8 Å². The molecule has 21 heavy (non-hydrogen) atoms. The highest BCUT2D eigenvalue weighted by Crippen LogP contribution is 2.40. The van der Waals surface area contributed by atoms with E-state index in [2.05, 4.69) is 22.7 Å². The highest BCUT2D eigenvalue weighted by Gasteiger charge is 2.29. The fraction of sp³-hybridized carbons (Fsp3) is 0.750. The first-order chi connectivity index (χ1) is 10.2. The Kier molecular flexibility index (Phi) is 4.29. The van der Waals surface area contributed by atoms with E-state index in [-0.39, 0.29) is 0 Å². The molecule has 2 unspecified atom stereocenters. The maximum absolute atomic E-state index is 5.62. The smallest absolute Gasteiger partial charge is 0.148 e. The van der Waals surface area contributed by atoms with Crippen molar-refractivity contribution in [2.24, 2.45) is 11.8 Å². The lowest BCUT2D eigenvalue weighted by Gasteiger charge is -2.30. The van der Waals surface area contributed by atoms with Gasteiger partial charge in [-0.05, 0) is 38.5 Å². The Morgan fingerprint density at radius 2 is 1.90 bits per heavy atom. The molecule has 5 nitrogen and oxygen atoms in total. The van der Waals surface area contributed by atoms with Gasteiger partial charge in [-0.3, -0.25) is 0 Å². The van der Waals surface area contributed by atoms with Gasteiger partial charge in [-0.2, -0.15) is 0 Å². The monoisotopic (exact) mass is 289 g/mol. The van der Waals surface area contributed by atoms with E-state index in [0.29, 0.717) is 12.0 Å². The minimum Gasteiger partial charge on any atom is -0.367 e. The molecule has 0 bridgehead atoms. The summed E-state index contributed by atoms with van der Waals surface area (Å²) in [6.45, 7) is 4.33. The number of hydrogen-bond donors (Lipinski definition) is 3. The summed E-state index contributed by atoms with van der Waals surface area (Å²) in [5.74, 6) is 9.69. The SMILES string of the molecule is CCC1CCCC(Nc2nc(C3CC3)nc(NN)c2C)C1. The van der Waals surface area contributed by atoms with Gasteiger partial charge in [0.15, 0.2) is 0 Å². The van der Waals surface area contributed by atoms with Gasteiger partial charge in [-0.25, -0.2) is 15.8 Å². The van der Waals surface area contributed by atoms with E-state index in [1.165, 1.54) is 44.9 Å². The normalized spacial score (nSPS) is 25.7. The molecule has 0 radical (unpaired) electrons. The van der Waals surface area contributed by atoms with Crippen LogP contribution in [0.3, 0.4) is 0 Å². The molecule has 2 atom stereocenters. The molecule has 1 aromatic heterocycles. The summed E-state index contributed by atoms with van der Waals surface area (Å²) in [6.07, 6.45) is 8.87. The fourth-order valence-corrected chi connectivity index (χ4v) is 3.33. The summed E-state index contributed by atoms with van der Waals surface area (Å²) in [5.41, 5.74) is 3.75. The third-order valence-corrected chi connectivity index (χ3v) is 4.94. The molecule has 0 aromatic carbocycles. The Balaban J connectivity index is 1.78. The van der Waals surface area contributed by atoms with Crippen LogP contribution in [0.4, 0.5) is 11.6 Å². The van der Waals surface area contributed by atoms with E-state index in [1.54, 1.807) is 0 Å². The Morgan fingerprint density at radius 3 is 2.57 bits per heavy atom. The van der Waals surface area contributed by atoms with E-state index in [9.17, 15) is 0 Å². The van der Waals surface area contributed by atoms with E-state index < -0.39 is 0 Å². The van der Waals surface area contributed by atoms with E-state index in [4.69, 9.17) is 10.8 Å². The predicted molar refractivity (Wildman–Crippen MR) is 86.2 cm³/mol. The zero-order chi connectivity index (χ0) is 14.8. The van der Waals surface area contributed by atoms with Gasteiger partial charge in [0, 0.05) is 17.5 Å². The van der Waals surface area contributed by atoms with Gasteiger partial charge in [0.25, 0.3) is 0 Å². The fourth-order valence-electron chi connectivity index (χ4n) is 3.33. The molecular formula is C16H27N5. The van der Waals surface area contributed by atoms with Gasteiger partial charge < -0.3 is 10.7 Å². The number of aromatic nitrogens is 2. The lowest BCUT2D eigenvalue weighted by molar-refractivity contribution is 0.327. The van der Waals surface area contributed by atoms with Gasteiger partial charge in [0.1, 0.15) is 17.5 Å². The summed E-state index contributed by atoms with van der Waals surface area (Å²) in [4.78, 5) is 9.32. The predicted octanol–water partition coefficient (Wildman–Crippen LogP) is 3.33. The Bertz CT molecular complexity index is 498. The van der Waals surface area contributed by atoms with Crippen LogP contribution in [0.2, 0.25) is 0 Å². The Labute approximate surface area is 127 Å². The Morgan fingerprint density at radius 1 is 1.14 bits per heavy atom. The van der Waals surface area contributed by atoms with Crippen LogP contribution in [-0.2, 0) is 0 Å². The van der Waals surface area contributed by atoms with Crippen molar-refractivity contribution < 1.29 is 0 Å². The standard InChI is InChI=1S/C16H27N5/c1-3-11-5-4-6-13(9-11)18-14-10(2)15(21-17)20-16(19-14)12-7-8-12/h11-13H,3-9,17H2,1-2H3,(H2,18,19,20,21). The average Bonchev–Trinajstić information content (AvgIpc) is 3.34. The van der Waals surface area contributed by atoms with Gasteiger partial charge in [-0.15, -0.1) is 0 Å². The van der Waals surface area contributed by atoms with Gasteiger partial charge in [-0.1, -0.05) is 26.2 Å². The third-order valence-electron chi connectivity index (χ3n) is 4.94. The van der Waals surface area contributed by atoms with Crippen molar-refractivity contribution in [3.63, 3.8) is 0 Å². The summed E-state index contributed by atoms with van der Waals surface area (Å²) in [7, 11) is 0. The van der Waals surface area contributed by atoms with Crippen molar-refractivity contribution >= 4 is 11.6 Å². The quantitative estimate of drug-likeness (QED) is 0.572. The maximum Gasteiger partial charge on any atom is 0.148 e. The summed E-state index contributed by atoms with van der Waals surface area (Å²) >= 11 is 0. The molecule has 0 saturated heterocycles. The average molecular weight is 289 g/mol. The number of nitrogen functional groups attached to an aromatic ring is 1. The Hall–Kier alpha value is -1.36. The van der Waals surface area contributed by atoms with Crippen molar-refractivity contribution in [1.29, 1.82) is 0 Å². The van der Waals surface area contributed by atoms with Crippen LogP contribution >= 0.6 is 0 Å². The number of rotatable bonds is 5. The maximum atomic E-state index is 5.62. The second-order valence-corrected chi connectivity index (χ2v) is 6.60. The molecule has 116 valence electrons.